The lowest BCUT2D eigenvalue weighted by molar-refractivity contribution is -0.227. The molecule has 1 unspecified atom stereocenters. The summed E-state index contributed by atoms with van der Waals surface area (Å²) in [6.07, 6.45) is -5.23. The number of rotatable bonds is 3. The molecular formula is C13H14F3NO3. The van der Waals surface area contributed by atoms with Crippen molar-refractivity contribution in [1.29, 1.82) is 0 Å². The summed E-state index contributed by atoms with van der Waals surface area (Å²) in [6, 6.07) is 6.18. The highest BCUT2D eigenvalue weighted by Crippen LogP contribution is 2.46. The Hall–Kier alpha value is -1.76. The van der Waals surface area contributed by atoms with Gasteiger partial charge in [0.1, 0.15) is 5.75 Å². The van der Waals surface area contributed by atoms with Crippen molar-refractivity contribution in [2.24, 2.45) is 5.41 Å². The Labute approximate surface area is 113 Å². The normalized spacial score (nSPS) is 23.9. The third-order valence-corrected chi connectivity index (χ3v) is 3.62. The van der Waals surface area contributed by atoms with Gasteiger partial charge in [-0.3, -0.25) is 9.69 Å². The van der Waals surface area contributed by atoms with Crippen LogP contribution >= 0.6 is 0 Å². The molecule has 1 atom stereocenters. The molecule has 0 saturated carbocycles. The molecule has 1 fully saturated rings. The molecule has 1 saturated heterocycles. The molecule has 1 aliphatic heterocycles. The second-order valence-electron chi connectivity index (χ2n) is 5.02. The average Bonchev–Trinajstić information content (AvgIpc) is 2.73. The van der Waals surface area contributed by atoms with Crippen molar-refractivity contribution in [2.75, 3.05) is 13.1 Å². The summed E-state index contributed by atoms with van der Waals surface area (Å²) in [4.78, 5) is 12.5. The summed E-state index contributed by atoms with van der Waals surface area (Å²) in [5.74, 6) is -1.80. The van der Waals surface area contributed by atoms with Crippen molar-refractivity contribution >= 4 is 5.97 Å². The molecule has 4 nitrogen and oxygen atoms in total. The van der Waals surface area contributed by atoms with Gasteiger partial charge in [-0.15, -0.1) is 0 Å². The molecule has 2 rings (SSSR count). The molecule has 0 bridgehead atoms. The van der Waals surface area contributed by atoms with E-state index < -0.39 is 30.5 Å². The lowest BCUT2D eigenvalue weighted by atomic mass is 9.86. The minimum atomic E-state index is -4.77. The first kappa shape index (κ1) is 14.6. The Balaban J connectivity index is 2.13. The number of phenolic OH excluding ortho intramolecular Hbond substituents is 1. The van der Waals surface area contributed by atoms with Gasteiger partial charge in [0, 0.05) is 19.6 Å². The first-order chi connectivity index (χ1) is 9.24. The Morgan fingerprint density at radius 3 is 2.60 bits per heavy atom. The maximum absolute atomic E-state index is 13.0. The molecule has 0 amide bonds. The van der Waals surface area contributed by atoms with Crippen LogP contribution in [0.3, 0.4) is 0 Å². The maximum atomic E-state index is 13.0. The molecule has 110 valence electrons. The van der Waals surface area contributed by atoms with Crippen molar-refractivity contribution < 1.29 is 28.2 Å². The lowest BCUT2D eigenvalue weighted by Gasteiger charge is -2.27. The predicted molar refractivity (Wildman–Crippen MR) is 64.1 cm³/mol. The van der Waals surface area contributed by atoms with Crippen molar-refractivity contribution in [3.63, 3.8) is 0 Å². The number of carboxylic acids is 1. The zero-order chi connectivity index (χ0) is 15.0. The quantitative estimate of drug-likeness (QED) is 0.896. The standard InChI is InChI=1S/C13H14F3NO3/c14-13(15,16)12(11(19)20)4-5-17(8-12)7-9-2-1-3-10(18)6-9/h1-3,6,18H,4-5,7-8H2,(H,19,20). The van der Waals surface area contributed by atoms with Gasteiger partial charge in [0.15, 0.2) is 5.41 Å². The SMILES string of the molecule is O=C(O)C1(C(F)(F)F)CCN(Cc2cccc(O)c2)C1. The second kappa shape index (κ2) is 4.97. The van der Waals surface area contributed by atoms with Crippen LogP contribution in [0.15, 0.2) is 24.3 Å². The number of halogens is 3. The Kier molecular flexibility index (Phi) is 3.64. The van der Waals surface area contributed by atoms with Crippen molar-refractivity contribution in [3.05, 3.63) is 29.8 Å². The first-order valence-corrected chi connectivity index (χ1v) is 6.05. The van der Waals surface area contributed by atoms with Crippen LogP contribution in [-0.4, -0.2) is 40.3 Å². The molecule has 1 heterocycles. The fraction of sp³-hybridized carbons (Fsp3) is 0.462. The van der Waals surface area contributed by atoms with E-state index in [4.69, 9.17) is 5.11 Å². The highest BCUT2D eigenvalue weighted by Gasteiger charge is 2.63. The number of carbonyl (C=O) groups is 1. The largest absolute Gasteiger partial charge is 0.508 e. The number of alkyl halides is 3. The van der Waals surface area contributed by atoms with Crippen LogP contribution in [0.5, 0.6) is 5.75 Å². The molecule has 20 heavy (non-hydrogen) atoms. The van der Waals surface area contributed by atoms with Gasteiger partial charge in [-0.25, -0.2) is 0 Å². The van der Waals surface area contributed by atoms with Crippen LogP contribution in [-0.2, 0) is 11.3 Å². The van der Waals surface area contributed by atoms with E-state index in [1.165, 1.54) is 17.0 Å². The number of aromatic hydroxyl groups is 1. The third-order valence-electron chi connectivity index (χ3n) is 3.62. The fourth-order valence-electron chi connectivity index (χ4n) is 2.46. The number of carboxylic acid groups (broad SMARTS) is 1. The minimum Gasteiger partial charge on any atom is -0.508 e. The van der Waals surface area contributed by atoms with E-state index in [1.54, 1.807) is 12.1 Å². The topological polar surface area (TPSA) is 60.8 Å². The zero-order valence-corrected chi connectivity index (χ0v) is 10.5. The lowest BCUT2D eigenvalue weighted by Crippen LogP contribution is -2.47. The molecular weight excluding hydrogens is 275 g/mol. The Morgan fingerprint density at radius 1 is 1.40 bits per heavy atom. The van der Waals surface area contributed by atoms with Crippen LogP contribution in [0.2, 0.25) is 0 Å². The van der Waals surface area contributed by atoms with Crippen LogP contribution in [0.25, 0.3) is 0 Å². The van der Waals surface area contributed by atoms with E-state index in [9.17, 15) is 23.1 Å². The van der Waals surface area contributed by atoms with Gasteiger partial charge in [-0.1, -0.05) is 12.1 Å². The zero-order valence-electron chi connectivity index (χ0n) is 10.5. The van der Waals surface area contributed by atoms with E-state index in [0.717, 1.165) is 0 Å². The second-order valence-corrected chi connectivity index (χ2v) is 5.02. The number of aliphatic carboxylic acids is 1. The van der Waals surface area contributed by atoms with Crippen molar-refractivity contribution in [2.45, 2.75) is 19.1 Å². The monoisotopic (exact) mass is 289 g/mol. The van der Waals surface area contributed by atoms with E-state index in [2.05, 4.69) is 0 Å². The average molecular weight is 289 g/mol. The van der Waals surface area contributed by atoms with Gasteiger partial charge in [0.25, 0.3) is 0 Å². The van der Waals surface area contributed by atoms with E-state index in [-0.39, 0.29) is 18.8 Å². The number of benzene rings is 1. The number of nitrogens with zero attached hydrogens (tertiary/aromatic N) is 1. The number of hydrogen-bond acceptors (Lipinski definition) is 3. The fourth-order valence-corrected chi connectivity index (χ4v) is 2.46. The number of hydrogen-bond donors (Lipinski definition) is 2. The molecule has 0 aromatic heterocycles. The van der Waals surface area contributed by atoms with Gasteiger partial charge in [0.2, 0.25) is 0 Å². The Bertz CT molecular complexity index is 518. The van der Waals surface area contributed by atoms with Gasteiger partial charge < -0.3 is 10.2 Å². The van der Waals surface area contributed by atoms with Crippen LogP contribution in [0, 0.1) is 5.41 Å². The van der Waals surface area contributed by atoms with Crippen LogP contribution < -0.4 is 0 Å². The third kappa shape index (κ3) is 2.58. The number of likely N-dealkylation sites (tertiary alicyclic amines) is 1. The number of phenols is 1. The minimum absolute atomic E-state index is 0.0296. The summed E-state index contributed by atoms with van der Waals surface area (Å²) < 4.78 is 39.0. The summed E-state index contributed by atoms with van der Waals surface area (Å²) in [5, 5.41) is 18.3. The first-order valence-electron chi connectivity index (χ1n) is 6.05. The van der Waals surface area contributed by atoms with Gasteiger partial charge in [-0.05, 0) is 24.1 Å². The maximum Gasteiger partial charge on any atom is 0.406 e. The van der Waals surface area contributed by atoms with Gasteiger partial charge >= 0.3 is 12.1 Å². The highest BCUT2D eigenvalue weighted by molar-refractivity contribution is 5.76. The van der Waals surface area contributed by atoms with E-state index in [1.807, 2.05) is 0 Å². The van der Waals surface area contributed by atoms with Gasteiger partial charge in [-0.2, -0.15) is 13.2 Å². The van der Waals surface area contributed by atoms with E-state index in [0.29, 0.717) is 5.56 Å². The van der Waals surface area contributed by atoms with Crippen LogP contribution in [0.4, 0.5) is 13.2 Å². The summed E-state index contributed by atoms with van der Waals surface area (Å²) in [6.45, 7) is -0.331. The van der Waals surface area contributed by atoms with Crippen molar-refractivity contribution in [1.82, 2.24) is 4.90 Å². The van der Waals surface area contributed by atoms with Gasteiger partial charge in [0.05, 0.1) is 0 Å². The molecule has 0 radical (unpaired) electrons. The van der Waals surface area contributed by atoms with Crippen LogP contribution in [0.1, 0.15) is 12.0 Å². The highest BCUT2D eigenvalue weighted by atomic mass is 19.4. The summed E-state index contributed by atoms with van der Waals surface area (Å²) in [7, 11) is 0. The molecule has 1 aromatic carbocycles. The van der Waals surface area contributed by atoms with E-state index >= 15 is 0 Å². The predicted octanol–water partition coefficient (Wildman–Crippen LogP) is 2.23. The molecule has 1 aromatic rings. The molecule has 2 N–H and O–H groups in total. The van der Waals surface area contributed by atoms with Crippen molar-refractivity contribution in [3.8, 4) is 5.75 Å². The molecule has 7 heteroatoms. The Morgan fingerprint density at radius 2 is 2.10 bits per heavy atom. The smallest absolute Gasteiger partial charge is 0.406 e. The molecule has 1 aliphatic rings. The summed E-state index contributed by atoms with van der Waals surface area (Å²) in [5.41, 5.74) is -2.04. The summed E-state index contributed by atoms with van der Waals surface area (Å²) >= 11 is 0. The molecule has 0 spiro atoms. The molecule has 0 aliphatic carbocycles.